The van der Waals surface area contributed by atoms with Crippen molar-refractivity contribution in [3.63, 3.8) is 0 Å². The van der Waals surface area contributed by atoms with Gasteiger partial charge in [0.2, 0.25) is 5.91 Å². The van der Waals surface area contributed by atoms with Crippen molar-refractivity contribution in [3.05, 3.63) is 23.8 Å². The minimum absolute atomic E-state index is 0.0161. The Hall–Kier alpha value is -2.24. The first-order chi connectivity index (χ1) is 10.0. The summed E-state index contributed by atoms with van der Waals surface area (Å²) in [5.74, 6) is -0.237. The largest absolute Gasteiger partial charge is 0.496 e. The Labute approximate surface area is 123 Å². The molecule has 2 rings (SSSR count). The van der Waals surface area contributed by atoms with Crippen LogP contribution in [0.1, 0.15) is 24.8 Å². The Balaban J connectivity index is 2.14. The topological polar surface area (TPSA) is 84.9 Å². The first-order valence-electron chi connectivity index (χ1n) is 6.76. The Morgan fingerprint density at radius 3 is 2.19 bits per heavy atom. The average Bonchev–Trinajstić information content (AvgIpc) is 2.42. The maximum atomic E-state index is 12.2. The Kier molecular flexibility index (Phi) is 4.35. The minimum atomic E-state index is -1.10. The molecule has 0 atom stereocenters. The number of aliphatic carboxylic acids is 1. The molecule has 0 aliphatic heterocycles. The normalized spacial score (nSPS) is 15.7. The van der Waals surface area contributed by atoms with E-state index in [4.69, 9.17) is 9.47 Å². The van der Waals surface area contributed by atoms with Gasteiger partial charge in [-0.25, -0.2) is 4.79 Å². The van der Waals surface area contributed by atoms with E-state index in [1.165, 1.54) is 14.2 Å². The predicted octanol–water partition coefficient (Wildman–Crippen LogP) is 1.37. The number of carbonyl (C=O) groups excluding carboxylic acids is 1. The summed E-state index contributed by atoms with van der Waals surface area (Å²) in [4.78, 5) is 23.4. The van der Waals surface area contributed by atoms with Crippen LogP contribution in [0.3, 0.4) is 0 Å². The monoisotopic (exact) mass is 293 g/mol. The van der Waals surface area contributed by atoms with E-state index >= 15 is 0 Å². The van der Waals surface area contributed by atoms with Gasteiger partial charge in [0.15, 0.2) is 0 Å². The van der Waals surface area contributed by atoms with E-state index in [2.05, 4.69) is 5.32 Å². The van der Waals surface area contributed by atoms with Crippen LogP contribution >= 0.6 is 0 Å². The van der Waals surface area contributed by atoms with E-state index in [0.29, 0.717) is 29.9 Å². The molecule has 1 amide bonds. The number of nitrogens with one attached hydrogen (secondary N) is 1. The molecule has 1 aromatic rings. The van der Waals surface area contributed by atoms with E-state index in [1.807, 2.05) is 0 Å². The van der Waals surface area contributed by atoms with Gasteiger partial charge >= 0.3 is 5.97 Å². The molecule has 2 N–H and O–H groups in total. The van der Waals surface area contributed by atoms with Crippen LogP contribution in [0, 0.1) is 0 Å². The molecule has 1 aliphatic carbocycles. The quantitative estimate of drug-likeness (QED) is 0.827. The van der Waals surface area contributed by atoms with Gasteiger partial charge in [-0.3, -0.25) is 4.79 Å². The van der Waals surface area contributed by atoms with Crippen molar-refractivity contribution in [2.45, 2.75) is 31.2 Å². The molecule has 0 bridgehead atoms. The van der Waals surface area contributed by atoms with Crippen LogP contribution in [0.5, 0.6) is 11.5 Å². The van der Waals surface area contributed by atoms with Crippen LogP contribution in [0.2, 0.25) is 0 Å². The van der Waals surface area contributed by atoms with Crippen molar-refractivity contribution in [2.75, 3.05) is 14.2 Å². The lowest BCUT2D eigenvalue weighted by Crippen LogP contribution is -2.59. The molecule has 21 heavy (non-hydrogen) atoms. The first-order valence-corrected chi connectivity index (χ1v) is 6.76. The molecule has 0 unspecified atom stereocenters. The number of carboxylic acid groups (broad SMARTS) is 1. The molecule has 6 nitrogen and oxygen atoms in total. The van der Waals surface area contributed by atoms with Gasteiger partial charge in [0.25, 0.3) is 0 Å². The minimum Gasteiger partial charge on any atom is -0.496 e. The fraction of sp³-hybridized carbons (Fsp3) is 0.467. The van der Waals surface area contributed by atoms with Crippen molar-refractivity contribution in [1.82, 2.24) is 5.32 Å². The fourth-order valence-corrected chi connectivity index (χ4v) is 2.50. The summed E-state index contributed by atoms with van der Waals surface area (Å²) in [6, 6.07) is 5.24. The van der Waals surface area contributed by atoms with Gasteiger partial charge in [0.05, 0.1) is 20.6 Å². The van der Waals surface area contributed by atoms with Crippen molar-refractivity contribution >= 4 is 11.9 Å². The molecule has 0 heterocycles. The molecule has 0 aromatic heterocycles. The van der Waals surface area contributed by atoms with Gasteiger partial charge in [-0.15, -0.1) is 0 Å². The highest BCUT2D eigenvalue weighted by Gasteiger charge is 2.45. The summed E-state index contributed by atoms with van der Waals surface area (Å²) < 4.78 is 10.5. The van der Waals surface area contributed by atoms with E-state index in [-0.39, 0.29) is 12.3 Å². The highest BCUT2D eigenvalue weighted by molar-refractivity contribution is 5.89. The third kappa shape index (κ3) is 2.94. The summed E-state index contributed by atoms with van der Waals surface area (Å²) in [5.41, 5.74) is -0.494. The maximum Gasteiger partial charge on any atom is 0.329 e. The lowest BCUT2D eigenvalue weighted by molar-refractivity contribution is -0.151. The van der Waals surface area contributed by atoms with Crippen LogP contribution in [0.4, 0.5) is 0 Å². The smallest absolute Gasteiger partial charge is 0.329 e. The molecular formula is C15H19NO5. The van der Waals surface area contributed by atoms with Crippen molar-refractivity contribution in [1.29, 1.82) is 0 Å². The lowest BCUT2D eigenvalue weighted by Gasteiger charge is -2.38. The summed E-state index contributed by atoms with van der Waals surface area (Å²) >= 11 is 0. The molecule has 1 fully saturated rings. The molecule has 6 heteroatoms. The van der Waals surface area contributed by atoms with Crippen molar-refractivity contribution in [2.24, 2.45) is 0 Å². The molecule has 1 aliphatic rings. The third-order valence-electron chi connectivity index (χ3n) is 3.86. The van der Waals surface area contributed by atoms with Crippen molar-refractivity contribution in [3.8, 4) is 11.5 Å². The molecular weight excluding hydrogens is 274 g/mol. The summed E-state index contributed by atoms with van der Waals surface area (Å²) in [6.07, 6.45) is 1.76. The Bertz CT molecular complexity index is 529. The maximum absolute atomic E-state index is 12.2. The number of carboxylic acids is 1. The standard InChI is InChI=1S/C15H19NO5/c1-20-11-5-3-6-12(21-2)10(11)9-13(17)16-15(14(18)19)7-4-8-15/h3,5-6H,4,7-9H2,1-2H3,(H,16,17)(H,18,19). The molecule has 0 spiro atoms. The number of ether oxygens (including phenoxy) is 2. The van der Waals surface area contributed by atoms with Crippen LogP contribution in [-0.4, -0.2) is 36.7 Å². The highest BCUT2D eigenvalue weighted by atomic mass is 16.5. The number of methoxy groups -OCH3 is 2. The number of carbonyl (C=O) groups is 2. The SMILES string of the molecule is COc1cccc(OC)c1CC(=O)NC1(C(=O)O)CCC1. The van der Waals surface area contributed by atoms with E-state index < -0.39 is 11.5 Å². The van der Waals surface area contributed by atoms with E-state index in [0.717, 1.165) is 6.42 Å². The number of rotatable bonds is 6. The van der Waals surface area contributed by atoms with Gasteiger partial charge in [-0.1, -0.05) is 6.07 Å². The summed E-state index contributed by atoms with van der Waals surface area (Å²) in [6.45, 7) is 0. The third-order valence-corrected chi connectivity index (χ3v) is 3.86. The molecule has 114 valence electrons. The van der Waals surface area contributed by atoms with E-state index in [9.17, 15) is 14.7 Å². The summed E-state index contributed by atoms with van der Waals surface area (Å²) in [5, 5.41) is 11.9. The average molecular weight is 293 g/mol. The van der Waals surface area contributed by atoms with Crippen LogP contribution < -0.4 is 14.8 Å². The highest BCUT2D eigenvalue weighted by Crippen LogP contribution is 2.33. The molecule has 1 aromatic carbocycles. The number of benzene rings is 1. The molecule has 1 saturated carbocycles. The van der Waals surface area contributed by atoms with Gasteiger partial charge < -0.3 is 19.9 Å². The zero-order valence-corrected chi connectivity index (χ0v) is 12.1. The fourth-order valence-electron chi connectivity index (χ4n) is 2.50. The predicted molar refractivity (Wildman–Crippen MR) is 75.6 cm³/mol. The van der Waals surface area contributed by atoms with Gasteiger partial charge in [0.1, 0.15) is 17.0 Å². The van der Waals surface area contributed by atoms with Crippen molar-refractivity contribution < 1.29 is 24.2 Å². The Morgan fingerprint density at radius 1 is 1.24 bits per heavy atom. The van der Waals surface area contributed by atoms with Crippen LogP contribution in [0.15, 0.2) is 18.2 Å². The first kappa shape index (κ1) is 15.2. The van der Waals surface area contributed by atoms with Gasteiger partial charge in [0, 0.05) is 5.56 Å². The second-order valence-corrected chi connectivity index (χ2v) is 5.11. The number of hydrogen-bond acceptors (Lipinski definition) is 4. The lowest BCUT2D eigenvalue weighted by atomic mass is 9.76. The van der Waals surface area contributed by atoms with Gasteiger partial charge in [-0.2, -0.15) is 0 Å². The zero-order valence-electron chi connectivity index (χ0n) is 12.1. The summed E-state index contributed by atoms with van der Waals surface area (Å²) in [7, 11) is 3.03. The van der Waals surface area contributed by atoms with Crippen LogP contribution in [0.25, 0.3) is 0 Å². The van der Waals surface area contributed by atoms with E-state index in [1.54, 1.807) is 18.2 Å². The second kappa shape index (κ2) is 6.03. The van der Waals surface area contributed by atoms with Gasteiger partial charge in [-0.05, 0) is 31.4 Å². The number of hydrogen-bond donors (Lipinski definition) is 2. The molecule has 0 saturated heterocycles. The Morgan fingerprint density at radius 2 is 1.81 bits per heavy atom. The van der Waals surface area contributed by atoms with Crippen LogP contribution in [-0.2, 0) is 16.0 Å². The molecule has 0 radical (unpaired) electrons. The zero-order chi connectivity index (χ0) is 15.5. The second-order valence-electron chi connectivity index (χ2n) is 5.11. The number of amides is 1.